The highest BCUT2D eigenvalue weighted by molar-refractivity contribution is 7.80. The second-order valence-corrected chi connectivity index (χ2v) is 16.4. The van der Waals surface area contributed by atoms with Gasteiger partial charge in [-0.1, -0.05) is 25.1 Å². The summed E-state index contributed by atoms with van der Waals surface area (Å²) in [6.07, 6.45) is 0.309. The van der Waals surface area contributed by atoms with Gasteiger partial charge in [-0.2, -0.15) is 0 Å². The molecule has 4 aliphatic heterocycles. The number of carbonyl (C=O) groups is 3. The average Bonchev–Trinajstić information content (AvgIpc) is 3.90. The molecular formula is C44H47N7O11S. The molecule has 7 N–H and O–H groups in total. The number of esters is 2. The fraction of sp³-hybridized carbons (Fsp3) is 0.386. The number of fused-ring (bicyclic) bond motifs is 6. The number of cyclic esters (lactones) is 1. The number of H-pyrrole nitrogens is 1. The summed E-state index contributed by atoms with van der Waals surface area (Å²) in [5.74, 6) is -2.29. The maximum Gasteiger partial charge on any atom is 0.355 e. The number of aromatic amines is 1. The van der Waals surface area contributed by atoms with Crippen LogP contribution >= 0.6 is 12.2 Å². The molecule has 63 heavy (non-hydrogen) atoms. The van der Waals surface area contributed by atoms with Crippen LogP contribution in [0.1, 0.15) is 55.5 Å². The number of aromatic nitrogens is 4. The standard InChI is InChI=1S/C43H43N7O10S.CH4O/c1-21-11-12-43(29-15-32-36-24(13-23-5-3-4-6-30(23)47-36)18-50(32)38(54)28(29)19-57-41(43)56)60-39(55)35(21)49-37(53)31(14-26-17-44-20-45-26)48-42(61)46-25-7-9-27(10-8-25)59-40-34(52)16-33(51)22(2)58-40;1-2/h3-10,13,15,17,20-22,31,33-35,40,51-52H,11-12,14,16,18-19H2,1-2H3,(H,44,45)(H,49,53)(H2,46,48,61);2H,1H3/t21?,22?,31-,33-,34-,35?,40+,43?;/m0./s1. The molecule has 3 aromatic heterocycles. The highest BCUT2D eigenvalue weighted by Gasteiger charge is 2.54. The number of rotatable bonds is 8. The zero-order chi connectivity index (χ0) is 44.6. The Balaban J connectivity index is 0.00000268. The Labute approximate surface area is 366 Å². The Kier molecular flexibility index (Phi) is 12.3. The molecule has 2 saturated heterocycles. The topological polar surface area (TPSA) is 248 Å². The minimum absolute atomic E-state index is 0.0170. The summed E-state index contributed by atoms with van der Waals surface area (Å²) in [7, 11) is 1.00. The third-order valence-corrected chi connectivity index (χ3v) is 12.1. The summed E-state index contributed by atoms with van der Waals surface area (Å²) < 4.78 is 24.7. The number of anilines is 1. The first kappa shape index (κ1) is 43.4. The van der Waals surface area contributed by atoms with E-state index >= 15 is 0 Å². The number of pyridine rings is 2. The third-order valence-electron chi connectivity index (χ3n) is 11.9. The van der Waals surface area contributed by atoms with Gasteiger partial charge in [0.05, 0.1) is 47.5 Å². The lowest BCUT2D eigenvalue weighted by Gasteiger charge is -2.35. The quantitative estimate of drug-likeness (QED) is 0.0856. The zero-order valence-corrected chi connectivity index (χ0v) is 35.4. The van der Waals surface area contributed by atoms with Gasteiger partial charge in [0, 0.05) is 60.5 Å². The van der Waals surface area contributed by atoms with Crippen molar-refractivity contribution in [2.24, 2.45) is 5.92 Å². The summed E-state index contributed by atoms with van der Waals surface area (Å²) in [4.78, 5) is 68.1. The molecule has 9 rings (SSSR count). The maximum absolute atomic E-state index is 14.2. The molecule has 7 heterocycles. The molecule has 2 aromatic carbocycles. The summed E-state index contributed by atoms with van der Waals surface area (Å²) >= 11 is 5.62. The fourth-order valence-electron chi connectivity index (χ4n) is 8.43. The van der Waals surface area contributed by atoms with E-state index < -0.39 is 66.1 Å². The molecule has 0 bridgehead atoms. The van der Waals surface area contributed by atoms with Crippen molar-refractivity contribution >= 4 is 51.8 Å². The molecule has 0 radical (unpaired) electrons. The molecule has 1 spiro atoms. The van der Waals surface area contributed by atoms with Crippen molar-refractivity contribution < 1.29 is 48.7 Å². The van der Waals surface area contributed by atoms with E-state index in [1.807, 2.05) is 30.3 Å². The van der Waals surface area contributed by atoms with Crippen molar-refractivity contribution in [3.8, 4) is 17.1 Å². The van der Waals surface area contributed by atoms with Crippen LogP contribution in [0.15, 0.2) is 78.0 Å². The molecule has 4 aliphatic rings. The number of nitrogens with zero attached hydrogens (tertiary/aromatic N) is 3. The summed E-state index contributed by atoms with van der Waals surface area (Å²) in [5, 5.41) is 37.2. The maximum atomic E-state index is 14.2. The summed E-state index contributed by atoms with van der Waals surface area (Å²) in [6.45, 7) is 3.51. The normalized spacial score (nSPS) is 25.2. The van der Waals surface area contributed by atoms with E-state index in [0.29, 0.717) is 35.1 Å². The zero-order valence-electron chi connectivity index (χ0n) is 34.6. The van der Waals surface area contributed by atoms with Crippen molar-refractivity contribution in [3.05, 3.63) is 106 Å². The highest BCUT2D eigenvalue weighted by Crippen LogP contribution is 2.44. The second kappa shape index (κ2) is 17.9. The minimum Gasteiger partial charge on any atom is -0.462 e. The van der Waals surface area contributed by atoms with Gasteiger partial charge in [0.2, 0.25) is 17.8 Å². The fourth-order valence-corrected chi connectivity index (χ4v) is 8.69. The lowest BCUT2D eigenvalue weighted by molar-refractivity contribution is -0.228. The van der Waals surface area contributed by atoms with Gasteiger partial charge in [0.1, 0.15) is 30.5 Å². The van der Waals surface area contributed by atoms with E-state index in [1.54, 1.807) is 54.9 Å². The first-order valence-corrected chi connectivity index (χ1v) is 20.9. The Bertz CT molecular complexity index is 2610. The van der Waals surface area contributed by atoms with Crippen LogP contribution in [-0.2, 0) is 53.8 Å². The Hall–Kier alpha value is -6.25. The Morgan fingerprint density at radius 1 is 1.08 bits per heavy atom. The van der Waals surface area contributed by atoms with Gasteiger partial charge in [-0.05, 0) is 73.9 Å². The van der Waals surface area contributed by atoms with Gasteiger partial charge in [0.25, 0.3) is 5.56 Å². The molecule has 0 aliphatic carbocycles. The molecule has 4 unspecified atom stereocenters. The van der Waals surface area contributed by atoms with Crippen LogP contribution in [-0.4, -0.2) is 102 Å². The monoisotopic (exact) mass is 881 g/mol. The van der Waals surface area contributed by atoms with E-state index in [1.165, 1.54) is 6.33 Å². The van der Waals surface area contributed by atoms with Crippen LogP contribution in [0.3, 0.4) is 0 Å². The van der Waals surface area contributed by atoms with Crippen LogP contribution in [0, 0.1) is 5.92 Å². The number of nitrogens with one attached hydrogen (secondary N) is 4. The number of carbonyl (C=O) groups excluding carboxylic acids is 3. The van der Waals surface area contributed by atoms with Gasteiger partial charge in [0.15, 0.2) is 5.11 Å². The van der Waals surface area contributed by atoms with Crippen molar-refractivity contribution in [3.63, 3.8) is 0 Å². The van der Waals surface area contributed by atoms with Gasteiger partial charge < -0.3 is 59.8 Å². The number of amides is 1. The number of aliphatic hydroxyl groups excluding tert-OH is 3. The van der Waals surface area contributed by atoms with Crippen molar-refractivity contribution in [2.45, 2.75) is 95.0 Å². The average molecular weight is 882 g/mol. The van der Waals surface area contributed by atoms with Crippen LogP contribution < -0.4 is 26.2 Å². The van der Waals surface area contributed by atoms with Crippen molar-refractivity contribution in [2.75, 3.05) is 12.4 Å². The number of benzene rings is 2. The highest BCUT2D eigenvalue weighted by atomic mass is 32.1. The van der Waals surface area contributed by atoms with Crippen molar-refractivity contribution in [1.29, 1.82) is 0 Å². The Morgan fingerprint density at radius 3 is 2.62 bits per heavy atom. The van der Waals surface area contributed by atoms with Gasteiger partial charge in [-0.3, -0.25) is 9.59 Å². The molecule has 5 aromatic rings. The van der Waals surface area contributed by atoms with E-state index in [0.717, 1.165) is 23.6 Å². The molecule has 19 heteroatoms. The Morgan fingerprint density at radius 2 is 1.86 bits per heavy atom. The van der Waals surface area contributed by atoms with Crippen LogP contribution in [0.4, 0.5) is 5.69 Å². The van der Waals surface area contributed by atoms with E-state index in [-0.39, 0.29) is 54.1 Å². The lowest BCUT2D eigenvalue weighted by Crippen LogP contribution is -2.55. The predicted molar refractivity (Wildman–Crippen MR) is 230 cm³/mol. The lowest BCUT2D eigenvalue weighted by atomic mass is 9.82. The first-order valence-electron chi connectivity index (χ1n) is 20.5. The molecule has 0 saturated carbocycles. The SMILES string of the molecule is CC1CCC2(OC(=O)C1NC(=O)[C@H](Cc1cnc[nH]1)NC(=S)Nc1ccc(O[C@H]3OC(C)[C@@H](O)C[C@@H]3O)cc1)C(=O)OCc1c2cc2n(c1=O)Cc1cc3ccccc3nc1-2.CO. The van der Waals surface area contributed by atoms with Gasteiger partial charge in [-0.25, -0.2) is 19.6 Å². The number of ether oxygens (including phenoxy) is 4. The van der Waals surface area contributed by atoms with E-state index in [2.05, 4.69) is 25.9 Å². The number of para-hydroxylation sites is 1. The van der Waals surface area contributed by atoms with Crippen LogP contribution in [0.5, 0.6) is 5.75 Å². The number of imidazole rings is 1. The predicted octanol–water partition coefficient (Wildman–Crippen LogP) is 2.30. The van der Waals surface area contributed by atoms with Crippen LogP contribution in [0.25, 0.3) is 22.3 Å². The molecule has 8 atom stereocenters. The summed E-state index contributed by atoms with van der Waals surface area (Å²) in [5.41, 5.74) is 2.13. The smallest absolute Gasteiger partial charge is 0.355 e. The number of thiocarbonyl (C=S) groups is 1. The first-order chi connectivity index (χ1) is 30.4. The minimum atomic E-state index is -1.92. The molecule has 330 valence electrons. The number of hydrogen-bond acceptors (Lipinski definition) is 14. The van der Waals surface area contributed by atoms with Gasteiger partial charge in [-0.15, -0.1) is 0 Å². The number of hydrogen-bond donors (Lipinski definition) is 7. The van der Waals surface area contributed by atoms with Crippen LogP contribution in [0.2, 0.25) is 0 Å². The summed E-state index contributed by atoms with van der Waals surface area (Å²) in [6, 6.07) is 15.9. The van der Waals surface area contributed by atoms with Gasteiger partial charge >= 0.3 is 11.9 Å². The van der Waals surface area contributed by atoms with Crippen molar-refractivity contribution in [1.82, 2.24) is 30.2 Å². The second-order valence-electron chi connectivity index (χ2n) is 16.0. The largest absolute Gasteiger partial charge is 0.462 e. The molecule has 18 nitrogen and oxygen atoms in total. The van der Waals surface area contributed by atoms with E-state index in [9.17, 15) is 29.4 Å². The molecule has 2 fully saturated rings. The number of aliphatic hydroxyl groups is 3. The molecule has 1 amide bonds. The molecular weight excluding hydrogens is 835 g/mol. The third kappa shape index (κ3) is 8.49. The van der Waals surface area contributed by atoms with E-state index in [4.69, 9.17) is 41.3 Å².